The maximum absolute atomic E-state index is 10.5. The van der Waals surface area contributed by atoms with E-state index in [0.717, 1.165) is 16.5 Å². The lowest BCUT2D eigenvalue weighted by atomic mass is 9.98. The first kappa shape index (κ1) is 12.7. The van der Waals surface area contributed by atoms with Crippen LogP contribution >= 0.6 is 0 Å². The van der Waals surface area contributed by atoms with E-state index >= 15 is 0 Å². The fourth-order valence-corrected chi connectivity index (χ4v) is 3.34. The summed E-state index contributed by atoms with van der Waals surface area (Å²) in [6.07, 6.45) is 5.43. The SMILES string of the molecule is OC(Cc1ccc2c(c1)CCC2)c1coc2ccccc12. The van der Waals surface area contributed by atoms with Crippen molar-refractivity contribution >= 4 is 11.0 Å². The molecule has 3 aromatic rings. The van der Waals surface area contributed by atoms with Crippen molar-refractivity contribution in [1.29, 1.82) is 0 Å². The van der Waals surface area contributed by atoms with Crippen molar-refractivity contribution in [1.82, 2.24) is 0 Å². The summed E-state index contributed by atoms with van der Waals surface area (Å²) in [7, 11) is 0. The Balaban J connectivity index is 1.62. The van der Waals surface area contributed by atoms with Crippen LogP contribution in [0.15, 0.2) is 53.1 Å². The molecule has 1 aromatic heterocycles. The fraction of sp³-hybridized carbons (Fsp3) is 0.263. The van der Waals surface area contributed by atoms with Crippen LogP contribution in [-0.4, -0.2) is 5.11 Å². The Morgan fingerprint density at radius 3 is 2.86 bits per heavy atom. The molecule has 0 spiro atoms. The minimum atomic E-state index is -0.520. The first-order chi connectivity index (χ1) is 10.3. The molecular formula is C19H18O2. The Morgan fingerprint density at radius 2 is 1.90 bits per heavy atom. The molecule has 0 amide bonds. The number of aliphatic hydroxyl groups excluding tert-OH is 1. The number of fused-ring (bicyclic) bond motifs is 2. The summed E-state index contributed by atoms with van der Waals surface area (Å²) < 4.78 is 5.52. The molecule has 1 unspecified atom stereocenters. The van der Waals surface area contributed by atoms with Crippen LogP contribution < -0.4 is 0 Å². The summed E-state index contributed by atoms with van der Waals surface area (Å²) >= 11 is 0. The van der Waals surface area contributed by atoms with E-state index in [9.17, 15) is 5.11 Å². The first-order valence-corrected chi connectivity index (χ1v) is 7.56. The van der Waals surface area contributed by atoms with Crippen LogP contribution in [0.2, 0.25) is 0 Å². The van der Waals surface area contributed by atoms with Crippen molar-refractivity contribution in [2.75, 3.05) is 0 Å². The molecule has 0 radical (unpaired) electrons. The standard InChI is InChI=1S/C19H18O2/c20-18(17-12-21-19-7-2-1-6-16(17)19)11-13-8-9-14-4-3-5-15(14)10-13/h1-2,6-10,12,18,20H,3-5,11H2. The minimum absolute atomic E-state index is 0.520. The summed E-state index contributed by atoms with van der Waals surface area (Å²) in [5.41, 5.74) is 5.85. The summed E-state index contributed by atoms with van der Waals surface area (Å²) in [6, 6.07) is 14.5. The summed E-state index contributed by atoms with van der Waals surface area (Å²) in [5, 5.41) is 11.6. The van der Waals surface area contributed by atoms with Gasteiger partial charge in [0.15, 0.2) is 0 Å². The number of rotatable bonds is 3. The number of hydrogen-bond acceptors (Lipinski definition) is 2. The van der Waals surface area contributed by atoms with E-state index in [1.54, 1.807) is 6.26 Å². The lowest BCUT2D eigenvalue weighted by Crippen LogP contribution is -2.01. The van der Waals surface area contributed by atoms with Gasteiger partial charge < -0.3 is 9.52 Å². The number of hydrogen-bond donors (Lipinski definition) is 1. The van der Waals surface area contributed by atoms with Gasteiger partial charge in [-0.2, -0.15) is 0 Å². The summed E-state index contributed by atoms with van der Waals surface area (Å²) in [5.74, 6) is 0. The maximum Gasteiger partial charge on any atom is 0.134 e. The van der Waals surface area contributed by atoms with Crippen LogP contribution in [-0.2, 0) is 19.3 Å². The van der Waals surface area contributed by atoms with Crippen LogP contribution in [0.4, 0.5) is 0 Å². The van der Waals surface area contributed by atoms with Crippen LogP contribution in [0.5, 0.6) is 0 Å². The van der Waals surface area contributed by atoms with Crippen molar-refractivity contribution in [3.63, 3.8) is 0 Å². The predicted octanol–water partition coefficient (Wildman–Crippen LogP) is 4.20. The molecule has 1 aliphatic rings. The zero-order valence-electron chi connectivity index (χ0n) is 11.9. The van der Waals surface area contributed by atoms with Gasteiger partial charge in [-0.1, -0.05) is 36.4 Å². The van der Waals surface area contributed by atoms with E-state index in [2.05, 4.69) is 18.2 Å². The molecule has 106 valence electrons. The maximum atomic E-state index is 10.5. The molecule has 2 heteroatoms. The predicted molar refractivity (Wildman–Crippen MR) is 83.3 cm³/mol. The molecule has 21 heavy (non-hydrogen) atoms. The lowest BCUT2D eigenvalue weighted by Gasteiger charge is -2.10. The van der Waals surface area contributed by atoms with Crippen molar-refractivity contribution in [2.45, 2.75) is 31.8 Å². The average Bonchev–Trinajstić information content (AvgIpc) is 3.13. The van der Waals surface area contributed by atoms with Gasteiger partial charge in [0, 0.05) is 17.4 Å². The smallest absolute Gasteiger partial charge is 0.134 e. The molecule has 0 fully saturated rings. The molecule has 1 N–H and O–H groups in total. The van der Waals surface area contributed by atoms with Crippen molar-refractivity contribution in [2.24, 2.45) is 0 Å². The third-order valence-electron chi connectivity index (χ3n) is 4.46. The van der Waals surface area contributed by atoms with E-state index in [0.29, 0.717) is 6.42 Å². The Labute approximate surface area is 124 Å². The molecule has 0 bridgehead atoms. The van der Waals surface area contributed by atoms with Gasteiger partial charge in [0.05, 0.1) is 12.4 Å². The topological polar surface area (TPSA) is 33.4 Å². The van der Waals surface area contributed by atoms with Gasteiger partial charge in [0.25, 0.3) is 0 Å². The molecule has 0 saturated heterocycles. The monoisotopic (exact) mass is 278 g/mol. The van der Waals surface area contributed by atoms with Gasteiger partial charge in [0.2, 0.25) is 0 Å². The van der Waals surface area contributed by atoms with E-state index in [1.165, 1.54) is 36.0 Å². The number of furan rings is 1. The molecule has 0 saturated carbocycles. The molecular weight excluding hydrogens is 260 g/mol. The van der Waals surface area contributed by atoms with Crippen LogP contribution in [0, 0.1) is 0 Å². The quantitative estimate of drug-likeness (QED) is 0.779. The molecule has 1 aliphatic carbocycles. The van der Waals surface area contributed by atoms with Crippen molar-refractivity contribution in [3.8, 4) is 0 Å². The zero-order valence-corrected chi connectivity index (χ0v) is 11.9. The molecule has 4 rings (SSSR count). The average molecular weight is 278 g/mol. The fourth-order valence-electron chi connectivity index (χ4n) is 3.34. The lowest BCUT2D eigenvalue weighted by molar-refractivity contribution is 0.179. The van der Waals surface area contributed by atoms with E-state index in [-0.39, 0.29) is 0 Å². The highest BCUT2D eigenvalue weighted by Crippen LogP contribution is 2.30. The highest BCUT2D eigenvalue weighted by Gasteiger charge is 2.16. The highest BCUT2D eigenvalue weighted by atomic mass is 16.3. The van der Waals surface area contributed by atoms with Gasteiger partial charge in [-0.15, -0.1) is 0 Å². The first-order valence-electron chi connectivity index (χ1n) is 7.56. The highest BCUT2D eigenvalue weighted by molar-refractivity contribution is 5.81. The second kappa shape index (κ2) is 5.05. The van der Waals surface area contributed by atoms with E-state index in [1.807, 2.05) is 24.3 Å². The number of para-hydroxylation sites is 1. The third kappa shape index (κ3) is 2.26. The molecule has 1 heterocycles. The van der Waals surface area contributed by atoms with E-state index in [4.69, 9.17) is 4.42 Å². The Bertz CT molecular complexity index is 785. The van der Waals surface area contributed by atoms with Crippen LogP contribution in [0.1, 0.15) is 34.8 Å². The molecule has 1 atom stereocenters. The van der Waals surface area contributed by atoms with Gasteiger partial charge in [-0.05, 0) is 42.0 Å². The number of benzene rings is 2. The van der Waals surface area contributed by atoms with Gasteiger partial charge in [-0.3, -0.25) is 0 Å². The zero-order chi connectivity index (χ0) is 14.2. The largest absolute Gasteiger partial charge is 0.464 e. The second-order valence-electron chi connectivity index (χ2n) is 5.86. The normalized spacial score (nSPS) is 15.3. The van der Waals surface area contributed by atoms with Gasteiger partial charge in [-0.25, -0.2) is 0 Å². The van der Waals surface area contributed by atoms with E-state index < -0.39 is 6.10 Å². The summed E-state index contributed by atoms with van der Waals surface area (Å²) in [6.45, 7) is 0. The second-order valence-corrected chi connectivity index (χ2v) is 5.86. The third-order valence-corrected chi connectivity index (χ3v) is 4.46. The molecule has 2 nitrogen and oxygen atoms in total. The Kier molecular flexibility index (Phi) is 3.04. The molecule has 2 aromatic carbocycles. The Morgan fingerprint density at radius 1 is 1.05 bits per heavy atom. The van der Waals surface area contributed by atoms with Gasteiger partial charge >= 0.3 is 0 Å². The number of aryl methyl sites for hydroxylation is 2. The molecule has 0 aliphatic heterocycles. The Hall–Kier alpha value is -2.06. The van der Waals surface area contributed by atoms with Crippen LogP contribution in [0.3, 0.4) is 0 Å². The summed E-state index contributed by atoms with van der Waals surface area (Å²) in [4.78, 5) is 0. The van der Waals surface area contributed by atoms with Crippen LogP contribution in [0.25, 0.3) is 11.0 Å². The van der Waals surface area contributed by atoms with Gasteiger partial charge in [0.1, 0.15) is 5.58 Å². The number of aliphatic hydroxyl groups is 1. The van der Waals surface area contributed by atoms with Crippen molar-refractivity contribution in [3.05, 3.63) is 71.0 Å². The van der Waals surface area contributed by atoms with Crippen molar-refractivity contribution < 1.29 is 9.52 Å². The minimum Gasteiger partial charge on any atom is -0.464 e.